The summed E-state index contributed by atoms with van der Waals surface area (Å²) in [4.78, 5) is 6.72. The van der Waals surface area contributed by atoms with E-state index in [1.807, 2.05) is 11.8 Å². The average molecular weight is 399 g/mol. The number of benzene rings is 1. The number of halogens is 3. The van der Waals surface area contributed by atoms with Crippen molar-refractivity contribution in [1.29, 1.82) is 0 Å². The molecule has 0 amide bonds. The summed E-state index contributed by atoms with van der Waals surface area (Å²) in [6, 6.07) is 5.32. The highest BCUT2D eigenvalue weighted by Gasteiger charge is 2.32. The highest BCUT2D eigenvalue weighted by Crippen LogP contribution is 2.32. The van der Waals surface area contributed by atoms with Crippen molar-refractivity contribution in [3.8, 4) is 0 Å². The maximum atomic E-state index is 13.0. The predicted molar refractivity (Wildman–Crippen MR) is 101 cm³/mol. The molecule has 0 bridgehead atoms. The zero-order valence-electron chi connectivity index (χ0n) is 16.1. The number of hydrogen-bond donors (Lipinski definition) is 2. The third-order valence-corrected chi connectivity index (χ3v) is 5.38. The van der Waals surface area contributed by atoms with E-state index in [9.17, 15) is 18.3 Å². The van der Waals surface area contributed by atoms with Gasteiger partial charge in [-0.05, 0) is 37.5 Å². The van der Waals surface area contributed by atoms with Crippen molar-refractivity contribution in [2.75, 3.05) is 32.8 Å². The van der Waals surface area contributed by atoms with Crippen LogP contribution in [0.1, 0.15) is 43.4 Å². The number of nitrogens with one attached hydrogen (secondary N) is 1. The zero-order chi connectivity index (χ0) is 20.1. The Hall–Kier alpha value is -1.80. The number of nitrogens with zero attached hydrogens (tertiary/aromatic N) is 2. The molecule has 1 aliphatic carbocycles. The SMILES string of the molecule is CCNC(=NCC1CCCC1O)N1CCOC(c2cccc(C(F)(F)F)c2)C1. The monoisotopic (exact) mass is 399 g/mol. The van der Waals surface area contributed by atoms with Gasteiger partial charge in [-0.15, -0.1) is 0 Å². The number of guanidine groups is 1. The first kappa shape index (κ1) is 20.9. The fourth-order valence-electron chi connectivity index (χ4n) is 3.82. The van der Waals surface area contributed by atoms with Crippen molar-refractivity contribution < 1.29 is 23.0 Å². The van der Waals surface area contributed by atoms with E-state index in [0.717, 1.165) is 37.4 Å². The molecule has 1 saturated carbocycles. The van der Waals surface area contributed by atoms with Gasteiger partial charge in [0.05, 0.1) is 24.8 Å². The Kier molecular flexibility index (Phi) is 6.82. The summed E-state index contributed by atoms with van der Waals surface area (Å²) in [5.74, 6) is 0.899. The first-order valence-electron chi connectivity index (χ1n) is 9.88. The molecule has 2 fully saturated rings. The number of aliphatic hydroxyl groups excluding tert-OH is 1. The van der Waals surface area contributed by atoms with E-state index in [0.29, 0.717) is 38.3 Å². The third kappa shape index (κ3) is 5.17. The van der Waals surface area contributed by atoms with Gasteiger partial charge in [0.25, 0.3) is 0 Å². The summed E-state index contributed by atoms with van der Waals surface area (Å²) in [5, 5.41) is 13.3. The van der Waals surface area contributed by atoms with Crippen molar-refractivity contribution in [2.24, 2.45) is 10.9 Å². The molecule has 0 aromatic heterocycles. The molecule has 2 N–H and O–H groups in total. The Morgan fingerprint density at radius 2 is 2.18 bits per heavy atom. The van der Waals surface area contributed by atoms with Crippen LogP contribution >= 0.6 is 0 Å². The number of aliphatic hydroxyl groups is 1. The number of hydrogen-bond acceptors (Lipinski definition) is 3. The van der Waals surface area contributed by atoms with Crippen LogP contribution in [0.4, 0.5) is 13.2 Å². The lowest BCUT2D eigenvalue weighted by atomic mass is 10.0. The van der Waals surface area contributed by atoms with E-state index in [4.69, 9.17) is 9.73 Å². The zero-order valence-corrected chi connectivity index (χ0v) is 16.1. The van der Waals surface area contributed by atoms with Gasteiger partial charge >= 0.3 is 6.18 Å². The summed E-state index contributed by atoms with van der Waals surface area (Å²) in [5.41, 5.74) is -0.150. The lowest BCUT2D eigenvalue weighted by molar-refractivity contribution is -0.137. The van der Waals surface area contributed by atoms with Gasteiger partial charge in [0.1, 0.15) is 6.10 Å². The molecule has 1 heterocycles. The Bertz CT molecular complexity index is 681. The van der Waals surface area contributed by atoms with Crippen molar-refractivity contribution in [1.82, 2.24) is 10.2 Å². The summed E-state index contributed by atoms with van der Waals surface area (Å²) in [7, 11) is 0. The van der Waals surface area contributed by atoms with Gasteiger partial charge in [0, 0.05) is 25.6 Å². The molecule has 0 radical (unpaired) electrons. The topological polar surface area (TPSA) is 57.1 Å². The highest BCUT2D eigenvalue weighted by molar-refractivity contribution is 5.80. The van der Waals surface area contributed by atoms with Crippen molar-refractivity contribution in [3.05, 3.63) is 35.4 Å². The molecule has 156 valence electrons. The molecule has 1 aromatic carbocycles. The second-order valence-electron chi connectivity index (χ2n) is 7.38. The summed E-state index contributed by atoms with van der Waals surface area (Å²) in [6.07, 6.45) is -2.30. The van der Waals surface area contributed by atoms with E-state index in [2.05, 4.69) is 5.32 Å². The Morgan fingerprint density at radius 1 is 1.36 bits per heavy atom. The molecular weight excluding hydrogens is 371 g/mol. The fraction of sp³-hybridized carbons (Fsp3) is 0.650. The lowest BCUT2D eigenvalue weighted by Gasteiger charge is -2.35. The fourth-order valence-corrected chi connectivity index (χ4v) is 3.82. The van der Waals surface area contributed by atoms with Crippen LogP contribution in [0.15, 0.2) is 29.3 Å². The molecule has 0 spiro atoms. The van der Waals surface area contributed by atoms with Crippen LogP contribution in [0.25, 0.3) is 0 Å². The predicted octanol–water partition coefficient (Wildman–Crippen LogP) is 3.21. The first-order valence-corrected chi connectivity index (χ1v) is 9.88. The van der Waals surface area contributed by atoms with Gasteiger partial charge in [-0.1, -0.05) is 18.6 Å². The minimum absolute atomic E-state index is 0.175. The number of aliphatic imine (C=N–C) groups is 1. The number of morpholine rings is 1. The molecule has 1 aliphatic heterocycles. The largest absolute Gasteiger partial charge is 0.416 e. The molecule has 1 saturated heterocycles. The molecule has 28 heavy (non-hydrogen) atoms. The molecule has 5 nitrogen and oxygen atoms in total. The molecule has 2 aliphatic rings. The van der Waals surface area contributed by atoms with E-state index < -0.39 is 17.8 Å². The Morgan fingerprint density at radius 3 is 2.86 bits per heavy atom. The smallest absolute Gasteiger partial charge is 0.393 e. The second kappa shape index (κ2) is 9.13. The van der Waals surface area contributed by atoms with Crippen molar-refractivity contribution >= 4 is 5.96 Å². The standard InChI is InChI=1S/C20H28F3N3O2/c1-2-24-19(25-12-15-6-4-8-17(15)27)26-9-10-28-18(13-26)14-5-3-7-16(11-14)20(21,22)23/h3,5,7,11,15,17-18,27H,2,4,6,8-10,12-13H2,1H3,(H,24,25). The maximum Gasteiger partial charge on any atom is 0.416 e. The van der Waals surface area contributed by atoms with Crippen molar-refractivity contribution in [3.63, 3.8) is 0 Å². The first-order chi connectivity index (χ1) is 13.4. The molecule has 3 rings (SSSR count). The molecule has 1 aromatic rings. The van der Waals surface area contributed by atoms with Crippen molar-refractivity contribution in [2.45, 2.75) is 44.6 Å². The van der Waals surface area contributed by atoms with Gasteiger partial charge in [-0.2, -0.15) is 13.2 Å². The van der Waals surface area contributed by atoms with E-state index in [-0.39, 0.29) is 12.0 Å². The van der Waals surface area contributed by atoms with Crippen LogP contribution in [-0.4, -0.2) is 54.9 Å². The Balaban J connectivity index is 1.71. The minimum Gasteiger partial charge on any atom is -0.393 e. The summed E-state index contributed by atoms with van der Waals surface area (Å²) in [6.45, 7) is 4.68. The number of alkyl halides is 3. The van der Waals surface area contributed by atoms with Crippen LogP contribution in [0.5, 0.6) is 0 Å². The third-order valence-electron chi connectivity index (χ3n) is 5.38. The number of ether oxygens (including phenoxy) is 1. The van der Waals surface area contributed by atoms with E-state index >= 15 is 0 Å². The van der Waals surface area contributed by atoms with Crippen LogP contribution in [0.3, 0.4) is 0 Å². The number of rotatable bonds is 4. The quantitative estimate of drug-likeness (QED) is 0.603. The van der Waals surface area contributed by atoms with Gasteiger partial charge in [-0.25, -0.2) is 0 Å². The van der Waals surface area contributed by atoms with Gasteiger partial charge in [0.15, 0.2) is 5.96 Å². The lowest BCUT2D eigenvalue weighted by Crippen LogP contribution is -2.48. The van der Waals surface area contributed by atoms with E-state index in [1.165, 1.54) is 6.07 Å². The normalized spacial score (nSPS) is 26.5. The summed E-state index contributed by atoms with van der Waals surface area (Å²) >= 11 is 0. The minimum atomic E-state index is -4.37. The highest BCUT2D eigenvalue weighted by atomic mass is 19.4. The van der Waals surface area contributed by atoms with Crippen LogP contribution in [-0.2, 0) is 10.9 Å². The molecular formula is C20H28F3N3O2. The van der Waals surface area contributed by atoms with Crippen LogP contribution in [0, 0.1) is 5.92 Å². The van der Waals surface area contributed by atoms with E-state index in [1.54, 1.807) is 6.07 Å². The molecule has 3 atom stereocenters. The Labute approximate surface area is 163 Å². The molecule has 3 unspecified atom stereocenters. The second-order valence-corrected chi connectivity index (χ2v) is 7.38. The van der Waals surface area contributed by atoms with Gasteiger partial charge in [-0.3, -0.25) is 4.99 Å². The van der Waals surface area contributed by atoms with Crippen LogP contribution < -0.4 is 5.32 Å². The van der Waals surface area contributed by atoms with Gasteiger partial charge < -0.3 is 20.1 Å². The van der Waals surface area contributed by atoms with Gasteiger partial charge in [0.2, 0.25) is 0 Å². The molecule has 8 heteroatoms. The average Bonchev–Trinajstić information content (AvgIpc) is 3.09. The van der Waals surface area contributed by atoms with Crippen LogP contribution in [0.2, 0.25) is 0 Å². The maximum absolute atomic E-state index is 13.0. The summed E-state index contributed by atoms with van der Waals surface area (Å²) < 4.78 is 44.8.